The van der Waals surface area contributed by atoms with Gasteiger partial charge in [-0.3, -0.25) is 4.90 Å². The molecule has 7 nitrogen and oxygen atoms in total. The van der Waals surface area contributed by atoms with Crippen molar-refractivity contribution in [3.63, 3.8) is 0 Å². The van der Waals surface area contributed by atoms with E-state index in [1.807, 2.05) is 36.6 Å². The van der Waals surface area contributed by atoms with Crippen LogP contribution in [0, 0.1) is 11.3 Å². The van der Waals surface area contributed by atoms with E-state index in [1.54, 1.807) is 0 Å². The zero-order valence-corrected chi connectivity index (χ0v) is 14.8. The molecule has 1 saturated carbocycles. The zero-order valence-electron chi connectivity index (χ0n) is 14.0. The first-order valence-electron chi connectivity index (χ1n) is 7.93. The van der Waals surface area contributed by atoms with Crippen LogP contribution in [0.4, 0.5) is 10.7 Å². The number of piperazine rings is 1. The molecule has 128 valence electrons. The van der Waals surface area contributed by atoms with Crippen molar-refractivity contribution in [3.8, 4) is 6.07 Å². The molecule has 1 amide bonds. The van der Waals surface area contributed by atoms with Crippen LogP contribution >= 0.6 is 11.6 Å². The SMILES string of the molecule is CC(C)(C)OC(=O)N1CCN(c2nc(Cl)cc(C#N)n2)CC12CC2. The molecule has 2 fully saturated rings. The van der Waals surface area contributed by atoms with E-state index in [-0.39, 0.29) is 22.5 Å². The number of ether oxygens (including phenoxy) is 1. The molecule has 2 aliphatic rings. The molecule has 1 aliphatic heterocycles. The Bertz CT molecular complexity index is 705. The quantitative estimate of drug-likeness (QED) is 0.725. The third-order valence-electron chi connectivity index (χ3n) is 4.17. The Labute approximate surface area is 146 Å². The minimum absolute atomic E-state index is 0.223. The van der Waals surface area contributed by atoms with Gasteiger partial charge in [0.05, 0.1) is 5.54 Å². The third kappa shape index (κ3) is 3.39. The maximum absolute atomic E-state index is 12.5. The second kappa shape index (κ2) is 5.78. The molecular formula is C16H20ClN5O2. The summed E-state index contributed by atoms with van der Waals surface area (Å²) in [5.74, 6) is 0.439. The minimum Gasteiger partial charge on any atom is -0.444 e. The molecule has 0 unspecified atom stereocenters. The number of nitrogens with zero attached hydrogens (tertiary/aromatic N) is 5. The van der Waals surface area contributed by atoms with E-state index >= 15 is 0 Å². The lowest BCUT2D eigenvalue weighted by Gasteiger charge is -2.42. The Morgan fingerprint density at radius 2 is 2.08 bits per heavy atom. The molecular weight excluding hydrogens is 330 g/mol. The van der Waals surface area contributed by atoms with Crippen LogP contribution in [-0.4, -0.2) is 51.7 Å². The highest BCUT2D eigenvalue weighted by molar-refractivity contribution is 6.29. The van der Waals surface area contributed by atoms with Gasteiger partial charge < -0.3 is 9.64 Å². The summed E-state index contributed by atoms with van der Waals surface area (Å²) in [6.07, 6.45) is 1.58. The van der Waals surface area contributed by atoms with Gasteiger partial charge in [-0.25, -0.2) is 14.8 Å². The molecule has 1 aromatic heterocycles. The summed E-state index contributed by atoms with van der Waals surface area (Å²) in [7, 11) is 0. The van der Waals surface area contributed by atoms with E-state index in [2.05, 4.69) is 9.97 Å². The van der Waals surface area contributed by atoms with Crippen molar-refractivity contribution in [3.05, 3.63) is 16.9 Å². The van der Waals surface area contributed by atoms with Gasteiger partial charge in [0.2, 0.25) is 5.95 Å². The smallest absolute Gasteiger partial charge is 0.410 e. The number of carbonyl (C=O) groups excluding carboxylic acids is 1. The number of halogens is 1. The van der Waals surface area contributed by atoms with Crippen LogP contribution in [0.2, 0.25) is 5.15 Å². The maximum Gasteiger partial charge on any atom is 0.410 e. The van der Waals surface area contributed by atoms with E-state index in [0.717, 1.165) is 12.8 Å². The van der Waals surface area contributed by atoms with Gasteiger partial charge >= 0.3 is 6.09 Å². The second-order valence-corrected chi connectivity index (χ2v) is 7.65. The summed E-state index contributed by atoms with van der Waals surface area (Å²) in [6.45, 7) is 7.33. The first-order chi connectivity index (χ1) is 11.2. The van der Waals surface area contributed by atoms with Gasteiger partial charge in [0.15, 0.2) is 0 Å². The fourth-order valence-electron chi connectivity index (χ4n) is 2.93. The predicted molar refractivity (Wildman–Crippen MR) is 88.9 cm³/mol. The molecule has 8 heteroatoms. The van der Waals surface area contributed by atoms with E-state index < -0.39 is 5.60 Å². The number of aromatic nitrogens is 2. The van der Waals surface area contributed by atoms with Crippen molar-refractivity contribution in [1.29, 1.82) is 5.26 Å². The molecule has 0 bridgehead atoms. The molecule has 1 aromatic rings. The topological polar surface area (TPSA) is 82.4 Å². The van der Waals surface area contributed by atoms with E-state index in [9.17, 15) is 4.79 Å². The number of amides is 1. The van der Waals surface area contributed by atoms with Crippen molar-refractivity contribution < 1.29 is 9.53 Å². The van der Waals surface area contributed by atoms with Gasteiger partial charge in [0, 0.05) is 25.7 Å². The van der Waals surface area contributed by atoms with Gasteiger partial charge in [0.1, 0.15) is 22.5 Å². The summed E-state index contributed by atoms with van der Waals surface area (Å²) in [4.78, 5) is 24.7. The lowest BCUT2D eigenvalue weighted by atomic mass is 10.1. The number of hydrogen-bond donors (Lipinski definition) is 0. The highest BCUT2D eigenvalue weighted by Crippen LogP contribution is 2.45. The fourth-order valence-corrected chi connectivity index (χ4v) is 3.11. The lowest BCUT2D eigenvalue weighted by Crippen LogP contribution is -2.58. The molecule has 0 N–H and O–H groups in total. The largest absolute Gasteiger partial charge is 0.444 e. The monoisotopic (exact) mass is 349 g/mol. The summed E-state index contributed by atoms with van der Waals surface area (Å²) in [5.41, 5.74) is -0.495. The highest BCUT2D eigenvalue weighted by Gasteiger charge is 2.54. The lowest BCUT2D eigenvalue weighted by molar-refractivity contribution is 0.0105. The van der Waals surface area contributed by atoms with Crippen LogP contribution in [0.25, 0.3) is 0 Å². The number of anilines is 1. The normalized spacial score (nSPS) is 19.1. The van der Waals surface area contributed by atoms with Crippen LogP contribution < -0.4 is 4.90 Å². The predicted octanol–water partition coefficient (Wildman–Crippen LogP) is 2.59. The number of carbonyl (C=O) groups is 1. The number of rotatable bonds is 1. The first-order valence-corrected chi connectivity index (χ1v) is 8.30. The zero-order chi connectivity index (χ0) is 17.5. The summed E-state index contributed by atoms with van der Waals surface area (Å²) >= 11 is 5.97. The molecule has 0 aromatic carbocycles. The van der Waals surface area contributed by atoms with Crippen LogP contribution in [0.15, 0.2) is 6.07 Å². The van der Waals surface area contributed by atoms with Gasteiger partial charge in [-0.2, -0.15) is 5.26 Å². The number of hydrogen-bond acceptors (Lipinski definition) is 6. The van der Waals surface area contributed by atoms with Gasteiger partial charge in [-0.05, 0) is 33.6 Å². The third-order valence-corrected chi connectivity index (χ3v) is 4.37. The Kier molecular flexibility index (Phi) is 4.04. The van der Waals surface area contributed by atoms with E-state index in [0.29, 0.717) is 25.6 Å². The number of nitriles is 1. The van der Waals surface area contributed by atoms with Crippen LogP contribution in [0.1, 0.15) is 39.3 Å². The van der Waals surface area contributed by atoms with E-state index in [4.69, 9.17) is 21.6 Å². The van der Waals surface area contributed by atoms with Crippen molar-refractivity contribution in [1.82, 2.24) is 14.9 Å². The van der Waals surface area contributed by atoms with Crippen molar-refractivity contribution >= 4 is 23.6 Å². The highest BCUT2D eigenvalue weighted by atomic mass is 35.5. The Balaban J connectivity index is 1.77. The summed E-state index contributed by atoms with van der Waals surface area (Å²) in [5, 5.41) is 9.28. The minimum atomic E-state index is -0.512. The Hall–Kier alpha value is -2.07. The van der Waals surface area contributed by atoms with Gasteiger partial charge in [-0.15, -0.1) is 0 Å². The molecule has 2 heterocycles. The molecule has 24 heavy (non-hydrogen) atoms. The Morgan fingerprint density at radius 3 is 2.67 bits per heavy atom. The summed E-state index contributed by atoms with van der Waals surface area (Å²) in [6, 6.07) is 3.43. The average Bonchev–Trinajstić information content (AvgIpc) is 3.24. The fraction of sp³-hybridized carbons (Fsp3) is 0.625. The van der Waals surface area contributed by atoms with Crippen molar-refractivity contribution in [2.45, 2.75) is 44.8 Å². The van der Waals surface area contributed by atoms with Crippen molar-refractivity contribution in [2.75, 3.05) is 24.5 Å². The van der Waals surface area contributed by atoms with Crippen LogP contribution in [0.3, 0.4) is 0 Å². The molecule has 0 atom stereocenters. The van der Waals surface area contributed by atoms with Gasteiger partial charge in [0.25, 0.3) is 0 Å². The average molecular weight is 350 g/mol. The van der Waals surface area contributed by atoms with E-state index in [1.165, 1.54) is 6.07 Å². The summed E-state index contributed by atoms with van der Waals surface area (Å²) < 4.78 is 5.52. The molecule has 3 rings (SSSR count). The first kappa shape index (κ1) is 16.8. The molecule has 1 aliphatic carbocycles. The standard InChI is InChI=1S/C16H20ClN5O2/c1-15(2,3)24-14(23)22-7-6-21(10-16(22)4-5-16)13-19-11(9-18)8-12(17)20-13/h8H,4-7,10H2,1-3H3. The molecule has 1 spiro atoms. The second-order valence-electron chi connectivity index (χ2n) is 7.27. The van der Waals surface area contributed by atoms with Crippen LogP contribution in [0.5, 0.6) is 0 Å². The van der Waals surface area contributed by atoms with Crippen LogP contribution in [-0.2, 0) is 4.74 Å². The maximum atomic E-state index is 12.5. The Morgan fingerprint density at radius 1 is 1.38 bits per heavy atom. The molecule has 1 saturated heterocycles. The molecule has 0 radical (unpaired) electrons. The van der Waals surface area contributed by atoms with Crippen molar-refractivity contribution in [2.24, 2.45) is 0 Å². The van der Waals surface area contributed by atoms with Gasteiger partial charge in [-0.1, -0.05) is 11.6 Å².